The molecule has 1 N–H and O–H groups in total. The van der Waals surface area contributed by atoms with E-state index in [-0.39, 0.29) is 17.7 Å². The second kappa shape index (κ2) is 13.1. The SMILES string of the molecule is O=C(O)CN1C(=O)C(Cc2ccc3c(c2)C2CCCC2N3c2ccc(/C=C/C=C(c3ccccc3)c3ccccc3)cc2)SC1=S. The third-order valence-corrected chi connectivity index (χ3v) is 10.8. The van der Waals surface area contributed by atoms with Crippen LogP contribution < -0.4 is 4.90 Å². The molecule has 2 aliphatic heterocycles. The molecule has 3 aliphatic rings. The summed E-state index contributed by atoms with van der Waals surface area (Å²) in [5.41, 5.74) is 9.59. The topological polar surface area (TPSA) is 60.9 Å². The van der Waals surface area contributed by atoms with E-state index in [9.17, 15) is 14.7 Å². The molecule has 3 atom stereocenters. The number of hydrogen-bond donors (Lipinski definition) is 1. The van der Waals surface area contributed by atoms with Gasteiger partial charge in [0.05, 0.1) is 5.25 Å². The number of rotatable bonds is 9. The largest absolute Gasteiger partial charge is 0.480 e. The lowest BCUT2D eigenvalue weighted by atomic mass is 9.95. The molecule has 0 aromatic heterocycles. The third kappa shape index (κ3) is 6.05. The molecular weight excluding hydrogens is 609 g/mol. The number of thiocarbonyl (C=S) groups is 1. The van der Waals surface area contributed by atoms with Crippen LogP contribution in [0.4, 0.5) is 11.4 Å². The van der Waals surface area contributed by atoms with Crippen molar-refractivity contribution in [1.82, 2.24) is 4.90 Å². The first-order chi connectivity index (χ1) is 22.5. The van der Waals surface area contributed by atoms with Crippen molar-refractivity contribution in [3.05, 3.63) is 143 Å². The molecule has 46 heavy (non-hydrogen) atoms. The average Bonchev–Trinajstić information content (AvgIpc) is 3.74. The van der Waals surface area contributed by atoms with E-state index >= 15 is 0 Å². The number of carboxylic acids is 1. The van der Waals surface area contributed by atoms with Crippen LogP contribution >= 0.6 is 24.0 Å². The fourth-order valence-corrected chi connectivity index (χ4v) is 8.62. The number of nitrogens with zero attached hydrogens (tertiary/aromatic N) is 2. The molecule has 5 nitrogen and oxygen atoms in total. The summed E-state index contributed by atoms with van der Waals surface area (Å²) < 4.78 is 0.350. The standard InChI is InChI=1S/C39H34N2O3S2/c42-37(43)25-40-38(44)36(46-39(40)45)24-27-19-22-35-33(23-27)32-15-8-16-34(32)41(35)30-20-17-26(18-21-30)9-7-14-31(28-10-3-1-4-11-28)29-12-5-2-6-13-29/h1-7,9-14,17-23,32,34,36H,8,15-16,24-25H2,(H,42,43)/b9-7+. The monoisotopic (exact) mass is 642 g/mol. The minimum absolute atomic E-state index is 0.209. The van der Waals surface area contributed by atoms with Crippen molar-refractivity contribution in [2.75, 3.05) is 11.4 Å². The highest BCUT2D eigenvalue weighted by Gasteiger charge is 2.43. The van der Waals surface area contributed by atoms with Crippen LogP contribution in [-0.2, 0) is 16.0 Å². The van der Waals surface area contributed by atoms with Crippen molar-refractivity contribution < 1.29 is 14.7 Å². The molecule has 3 unspecified atom stereocenters. The van der Waals surface area contributed by atoms with Crippen LogP contribution in [-0.4, -0.2) is 44.0 Å². The zero-order valence-electron chi connectivity index (χ0n) is 25.3. The van der Waals surface area contributed by atoms with E-state index in [1.807, 2.05) is 12.1 Å². The molecule has 4 aromatic rings. The van der Waals surface area contributed by atoms with Crippen LogP contribution in [0.15, 0.2) is 115 Å². The Bertz CT molecular complexity index is 1800. The minimum atomic E-state index is -1.05. The highest BCUT2D eigenvalue weighted by atomic mass is 32.2. The van der Waals surface area contributed by atoms with Gasteiger partial charge in [-0.25, -0.2) is 0 Å². The molecule has 1 saturated heterocycles. The Hall–Kier alpha value is -4.46. The van der Waals surface area contributed by atoms with Crippen LogP contribution in [0.1, 0.15) is 53.0 Å². The number of benzene rings is 4. The Morgan fingerprint density at radius 3 is 2.28 bits per heavy atom. The van der Waals surface area contributed by atoms with Crippen molar-refractivity contribution >= 4 is 63.2 Å². The highest BCUT2D eigenvalue weighted by molar-refractivity contribution is 8.24. The first-order valence-electron chi connectivity index (χ1n) is 15.7. The molecule has 0 radical (unpaired) electrons. The summed E-state index contributed by atoms with van der Waals surface area (Å²) in [5.74, 6) is -0.798. The molecule has 1 aliphatic carbocycles. The quantitative estimate of drug-likeness (QED) is 0.146. The maximum absolute atomic E-state index is 12.9. The van der Waals surface area contributed by atoms with Crippen LogP contribution in [0.5, 0.6) is 0 Å². The van der Waals surface area contributed by atoms with Gasteiger partial charge < -0.3 is 10.0 Å². The Balaban J connectivity index is 1.10. The maximum Gasteiger partial charge on any atom is 0.323 e. The number of aliphatic carboxylic acids is 1. The molecule has 2 heterocycles. The van der Waals surface area contributed by atoms with Gasteiger partial charge in [0.1, 0.15) is 10.9 Å². The minimum Gasteiger partial charge on any atom is -0.480 e. The van der Waals surface area contributed by atoms with E-state index in [0.717, 1.165) is 24.0 Å². The van der Waals surface area contributed by atoms with Gasteiger partial charge in [-0.2, -0.15) is 0 Å². The summed E-state index contributed by atoms with van der Waals surface area (Å²) in [6.07, 6.45) is 10.5. The van der Waals surface area contributed by atoms with E-state index in [4.69, 9.17) is 12.2 Å². The van der Waals surface area contributed by atoms with Crippen molar-refractivity contribution in [3.63, 3.8) is 0 Å². The van der Waals surface area contributed by atoms with Crippen LogP contribution in [0.3, 0.4) is 0 Å². The molecule has 2 fully saturated rings. The van der Waals surface area contributed by atoms with Gasteiger partial charge in [0, 0.05) is 23.3 Å². The number of carbonyl (C=O) groups excluding carboxylic acids is 1. The van der Waals surface area contributed by atoms with Crippen molar-refractivity contribution in [2.24, 2.45) is 0 Å². The van der Waals surface area contributed by atoms with E-state index in [1.165, 1.54) is 56.7 Å². The second-order valence-corrected chi connectivity index (χ2v) is 13.9. The van der Waals surface area contributed by atoms with Crippen LogP contribution in [0.25, 0.3) is 11.6 Å². The number of thioether (sulfide) groups is 1. The van der Waals surface area contributed by atoms with Crippen LogP contribution in [0, 0.1) is 0 Å². The highest BCUT2D eigenvalue weighted by Crippen LogP contribution is 2.52. The number of carbonyl (C=O) groups is 2. The molecule has 7 heteroatoms. The summed E-state index contributed by atoms with van der Waals surface area (Å²) >= 11 is 6.61. The smallest absolute Gasteiger partial charge is 0.323 e. The molecule has 1 amide bonds. The first kappa shape index (κ1) is 30.2. The number of fused-ring (bicyclic) bond motifs is 3. The second-order valence-electron chi connectivity index (χ2n) is 12.0. The molecule has 4 aromatic carbocycles. The summed E-state index contributed by atoms with van der Waals surface area (Å²) in [4.78, 5) is 27.8. The zero-order valence-corrected chi connectivity index (χ0v) is 26.9. The summed E-state index contributed by atoms with van der Waals surface area (Å²) in [6.45, 7) is -0.377. The van der Waals surface area contributed by atoms with Crippen molar-refractivity contribution in [2.45, 2.75) is 42.9 Å². The van der Waals surface area contributed by atoms with Crippen LogP contribution in [0.2, 0.25) is 0 Å². The van der Waals surface area contributed by atoms with Crippen molar-refractivity contribution in [1.29, 1.82) is 0 Å². The van der Waals surface area contributed by atoms with Gasteiger partial charge in [0.15, 0.2) is 0 Å². The lowest BCUT2D eigenvalue weighted by Gasteiger charge is -2.27. The molecule has 1 saturated carbocycles. The zero-order chi connectivity index (χ0) is 31.6. The normalized spacial score (nSPS) is 20.3. The molecular formula is C39H34N2O3S2. The first-order valence-corrected chi connectivity index (χ1v) is 17.0. The number of allylic oxidation sites excluding steroid dienone is 2. The van der Waals surface area contributed by atoms with Crippen molar-refractivity contribution in [3.8, 4) is 0 Å². The Morgan fingerprint density at radius 2 is 1.61 bits per heavy atom. The predicted octanol–water partition coefficient (Wildman–Crippen LogP) is 8.48. The maximum atomic E-state index is 12.9. The van der Waals surface area contributed by atoms with Gasteiger partial charge in [0.25, 0.3) is 0 Å². The van der Waals surface area contributed by atoms with Gasteiger partial charge in [-0.1, -0.05) is 134 Å². The van der Waals surface area contributed by atoms with E-state index in [1.54, 1.807) is 0 Å². The van der Waals surface area contributed by atoms with E-state index in [0.29, 0.717) is 22.7 Å². The predicted molar refractivity (Wildman–Crippen MR) is 191 cm³/mol. The van der Waals surface area contributed by atoms with E-state index in [2.05, 4.69) is 114 Å². The summed E-state index contributed by atoms with van der Waals surface area (Å²) in [7, 11) is 0. The van der Waals surface area contributed by atoms with Gasteiger partial charge in [-0.15, -0.1) is 0 Å². The summed E-state index contributed by atoms with van der Waals surface area (Å²) in [5, 5.41) is 8.80. The summed E-state index contributed by atoms with van der Waals surface area (Å²) in [6, 6.07) is 36.8. The van der Waals surface area contributed by atoms with Gasteiger partial charge in [-0.3, -0.25) is 14.5 Å². The van der Waals surface area contributed by atoms with E-state index < -0.39 is 5.97 Å². The van der Waals surface area contributed by atoms with Gasteiger partial charge in [0.2, 0.25) is 5.91 Å². The third-order valence-electron chi connectivity index (χ3n) is 9.17. The molecule has 230 valence electrons. The fraction of sp³-hybridized carbons (Fsp3) is 0.205. The lowest BCUT2D eigenvalue weighted by molar-refractivity contribution is -0.141. The number of hydrogen-bond acceptors (Lipinski definition) is 5. The Kier molecular flexibility index (Phi) is 8.61. The lowest BCUT2D eigenvalue weighted by Crippen LogP contribution is -2.36. The molecule has 0 bridgehead atoms. The number of carboxylic acid groups (broad SMARTS) is 1. The van der Waals surface area contributed by atoms with Gasteiger partial charge >= 0.3 is 5.97 Å². The number of anilines is 2. The molecule has 0 spiro atoms. The fourth-order valence-electron chi connectivity index (χ4n) is 7.09. The molecule has 7 rings (SSSR count). The van der Waals surface area contributed by atoms with Gasteiger partial charge in [-0.05, 0) is 70.9 Å². The Labute approximate surface area is 279 Å². The Morgan fingerprint density at radius 1 is 0.913 bits per heavy atom. The average molecular weight is 643 g/mol. The number of amides is 1.